The van der Waals surface area contributed by atoms with Gasteiger partial charge in [-0.05, 0) is 50.4 Å². The first-order valence-corrected chi connectivity index (χ1v) is 5.42. The van der Waals surface area contributed by atoms with Gasteiger partial charge in [-0.1, -0.05) is 6.07 Å². The summed E-state index contributed by atoms with van der Waals surface area (Å²) in [6, 6.07) is 4.21. The van der Waals surface area contributed by atoms with Gasteiger partial charge in [0, 0.05) is 18.9 Å². The second-order valence-corrected chi connectivity index (χ2v) is 4.34. The van der Waals surface area contributed by atoms with Crippen LogP contribution in [0.3, 0.4) is 0 Å². The largest absolute Gasteiger partial charge is 0.306 e. The van der Waals surface area contributed by atoms with Crippen LogP contribution in [-0.2, 0) is 6.42 Å². The fourth-order valence-electron chi connectivity index (χ4n) is 2.29. The Kier molecular flexibility index (Phi) is 3.14. The van der Waals surface area contributed by atoms with Crippen LogP contribution in [0, 0.1) is 5.92 Å². The van der Waals surface area contributed by atoms with Crippen molar-refractivity contribution in [3.05, 3.63) is 30.1 Å². The molecule has 1 aromatic rings. The maximum absolute atomic E-state index is 4.16. The van der Waals surface area contributed by atoms with Crippen LogP contribution >= 0.6 is 0 Å². The van der Waals surface area contributed by atoms with Gasteiger partial charge in [-0.15, -0.1) is 0 Å². The van der Waals surface area contributed by atoms with Crippen molar-refractivity contribution in [1.82, 2.24) is 9.88 Å². The minimum Gasteiger partial charge on any atom is -0.306 e. The van der Waals surface area contributed by atoms with E-state index in [0.29, 0.717) is 0 Å². The molecule has 0 N–H and O–H groups in total. The van der Waals surface area contributed by atoms with Crippen LogP contribution in [0.1, 0.15) is 18.4 Å². The molecule has 0 amide bonds. The molecule has 76 valence electrons. The van der Waals surface area contributed by atoms with Gasteiger partial charge in [-0.2, -0.15) is 0 Å². The van der Waals surface area contributed by atoms with Crippen molar-refractivity contribution in [3.63, 3.8) is 0 Å². The van der Waals surface area contributed by atoms with E-state index in [-0.39, 0.29) is 0 Å². The van der Waals surface area contributed by atoms with Crippen molar-refractivity contribution in [3.8, 4) is 0 Å². The van der Waals surface area contributed by atoms with E-state index in [1.54, 1.807) is 0 Å². The molecule has 2 heteroatoms. The number of pyridine rings is 1. The van der Waals surface area contributed by atoms with Gasteiger partial charge < -0.3 is 4.90 Å². The second-order valence-electron chi connectivity index (χ2n) is 4.34. The molecule has 1 aliphatic heterocycles. The zero-order chi connectivity index (χ0) is 9.80. The number of hydrogen-bond acceptors (Lipinski definition) is 2. The topological polar surface area (TPSA) is 16.1 Å². The van der Waals surface area contributed by atoms with Crippen molar-refractivity contribution < 1.29 is 0 Å². The van der Waals surface area contributed by atoms with Gasteiger partial charge in [0.05, 0.1) is 0 Å². The number of likely N-dealkylation sites (tertiary alicyclic amines) is 1. The zero-order valence-electron chi connectivity index (χ0n) is 8.82. The maximum Gasteiger partial charge on any atom is 0.0299 e. The van der Waals surface area contributed by atoms with Crippen LogP contribution in [0.25, 0.3) is 0 Å². The molecule has 0 radical (unpaired) electrons. The van der Waals surface area contributed by atoms with E-state index in [4.69, 9.17) is 0 Å². The minimum atomic E-state index is 0.831. The Morgan fingerprint density at radius 2 is 2.50 bits per heavy atom. The highest BCUT2D eigenvalue weighted by atomic mass is 15.1. The number of nitrogens with zero attached hydrogens (tertiary/aromatic N) is 2. The van der Waals surface area contributed by atoms with Gasteiger partial charge in [0.1, 0.15) is 0 Å². The predicted molar refractivity (Wildman–Crippen MR) is 58.2 cm³/mol. The molecule has 1 aliphatic rings. The van der Waals surface area contributed by atoms with Gasteiger partial charge in [0.2, 0.25) is 0 Å². The fraction of sp³-hybridized carbons (Fsp3) is 0.583. The molecule has 1 fully saturated rings. The molecule has 1 unspecified atom stereocenters. The Bertz CT molecular complexity index is 271. The van der Waals surface area contributed by atoms with Gasteiger partial charge in [0.25, 0.3) is 0 Å². The monoisotopic (exact) mass is 190 g/mol. The third-order valence-corrected chi connectivity index (χ3v) is 2.97. The van der Waals surface area contributed by atoms with Gasteiger partial charge in [-0.3, -0.25) is 4.98 Å². The lowest BCUT2D eigenvalue weighted by atomic mass is 9.92. The molecule has 0 aliphatic carbocycles. The Morgan fingerprint density at radius 1 is 1.57 bits per heavy atom. The molecular formula is C12H18N2. The van der Waals surface area contributed by atoms with Crippen molar-refractivity contribution in [2.24, 2.45) is 5.92 Å². The summed E-state index contributed by atoms with van der Waals surface area (Å²) in [6.45, 7) is 2.51. The molecule has 0 bridgehead atoms. The third-order valence-electron chi connectivity index (χ3n) is 2.97. The standard InChI is InChI=1S/C12H18N2/c1-14-7-3-5-12(10-14)8-11-4-2-6-13-9-11/h2,4,6,9,12H,3,5,7-8,10H2,1H3. The Morgan fingerprint density at radius 3 is 3.21 bits per heavy atom. The molecule has 1 aromatic heterocycles. The predicted octanol–water partition coefficient (Wildman–Crippen LogP) is 1.97. The zero-order valence-corrected chi connectivity index (χ0v) is 8.82. The van der Waals surface area contributed by atoms with E-state index in [9.17, 15) is 0 Å². The average Bonchev–Trinajstić information content (AvgIpc) is 2.19. The Balaban J connectivity index is 1.91. The first kappa shape index (κ1) is 9.66. The Labute approximate surface area is 86.0 Å². The molecular weight excluding hydrogens is 172 g/mol. The summed E-state index contributed by atoms with van der Waals surface area (Å²) in [7, 11) is 2.22. The molecule has 1 atom stereocenters. The molecule has 14 heavy (non-hydrogen) atoms. The molecule has 2 heterocycles. The summed E-state index contributed by atoms with van der Waals surface area (Å²) in [4.78, 5) is 6.59. The number of rotatable bonds is 2. The average molecular weight is 190 g/mol. The Hall–Kier alpha value is -0.890. The minimum absolute atomic E-state index is 0.831. The quantitative estimate of drug-likeness (QED) is 0.708. The maximum atomic E-state index is 4.16. The molecule has 0 saturated carbocycles. The molecule has 2 nitrogen and oxygen atoms in total. The van der Waals surface area contributed by atoms with Crippen molar-refractivity contribution in [1.29, 1.82) is 0 Å². The van der Waals surface area contributed by atoms with E-state index in [1.807, 2.05) is 18.5 Å². The summed E-state index contributed by atoms with van der Waals surface area (Å²) in [5.41, 5.74) is 1.38. The number of aromatic nitrogens is 1. The lowest BCUT2D eigenvalue weighted by Crippen LogP contribution is -2.32. The van der Waals surface area contributed by atoms with Crippen LogP contribution in [0.5, 0.6) is 0 Å². The lowest BCUT2D eigenvalue weighted by molar-refractivity contribution is 0.209. The van der Waals surface area contributed by atoms with E-state index < -0.39 is 0 Å². The smallest absolute Gasteiger partial charge is 0.0299 e. The third kappa shape index (κ3) is 2.55. The first-order valence-electron chi connectivity index (χ1n) is 5.42. The summed E-state index contributed by atoms with van der Waals surface area (Å²) in [5.74, 6) is 0.831. The van der Waals surface area contributed by atoms with E-state index >= 15 is 0 Å². The van der Waals surface area contributed by atoms with Crippen LogP contribution in [-0.4, -0.2) is 30.0 Å². The summed E-state index contributed by atoms with van der Waals surface area (Å²) in [6.07, 6.45) is 7.75. The van der Waals surface area contributed by atoms with Gasteiger partial charge in [0.15, 0.2) is 0 Å². The van der Waals surface area contributed by atoms with Crippen LogP contribution < -0.4 is 0 Å². The highest BCUT2D eigenvalue weighted by Crippen LogP contribution is 2.19. The highest BCUT2D eigenvalue weighted by molar-refractivity contribution is 5.09. The molecule has 0 spiro atoms. The van der Waals surface area contributed by atoms with E-state index in [0.717, 1.165) is 5.92 Å². The summed E-state index contributed by atoms with van der Waals surface area (Å²) in [5, 5.41) is 0. The summed E-state index contributed by atoms with van der Waals surface area (Å²) >= 11 is 0. The summed E-state index contributed by atoms with van der Waals surface area (Å²) < 4.78 is 0. The number of hydrogen-bond donors (Lipinski definition) is 0. The first-order chi connectivity index (χ1) is 6.84. The SMILES string of the molecule is CN1CCCC(Cc2cccnc2)C1. The lowest BCUT2D eigenvalue weighted by Gasteiger charge is -2.29. The van der Waals surface area contributed by atoms with Crippen LogP contribution in [0.15, 0.2) is 24.5 Å². The highest BCUT2D eigenvalue weighted by Gasteiger charge is 2.17. The molecule has 2 rings (SSSR count). The van der Waals surface area contributed by atoms with Crippen LogP contribution in [0.2, 0.25) is 0 Å². The van der Waals surface area contributed by atoms with Crippen molar-refractivity contribution in [2.45, 2.75) is 19.3 Å². The number of piperidine rings is 1. The fourth-order valence-corrected chi connectivity index (χ4v) is 2.29. The van der Waals surface area contributed by atoms with E-state index in [1.165, 1.54) is 37.9 Å². The normalized spacial score (nSPS) is 23.6. The van der Waals surface area contributed by atoms with Crippen LogP contribution in [0.4, 0.5) is 0 Å². The van der Waals surface area contributed by atoms with Crippen molar-refractivity contribution in [2.75, 3.05) is 20.1 Å². The van der Waals surface area contributed by atoms with Gasteiger partial charge in [-0.25, -0.2) is 0 Å². The van der Waals surface area contributed by atoms with E-state index in [2.05, 4.69) is 23.0 Å². The molecule has 1 saturated heterocycles. The molecule has 0 aromatic carbocycles. The van der Waals surface area contributed by atoms with Gasteiger partial charge >= 0.3 is 0 Å². The van der Waals surface area contributed by atoms with Crippen molar-refractivity contribution >= 4 is 0 Å². The second kappa shape index (κ2) is 4.56.